The van der Waals surface area contributed by atoms with Crippen LogP contribution in [0, 0.1) is 11.6 Å². The lowest BCUT2D eigenvalue weighted by Crippen LogP contribution is -2.44. The van der Waals surface area contributed by atoms with Gasteiger partial charge < -0.3 is 10.3 Å². The van der Waals surface area contributed by atoms with Gasteiger partial charge in [-0.3, -0.25) is 4.57 Å². The lowest BCUT2D eigenvalue weighted by molar-refractivity contribution is 0.263. The van der Waals surface area contributed by atoms with Crippen molar-refractivity contribution in [2.75, 3.05) is 0 Å². The number of imidazole rings is 1. The fourth-order valence-electron chi connectivity index (χ4n) is 3.25. The van der Waals surface area contributed by atoms with Crippen LogP contribution in [0.15, 0.2) is 16.9 Å². The Labute approximate surface area is 126 Å². The quantitative estimate of drug-likeness (QED) is 0.849. The van der Waals surface area contributed by atoms with E-state index < -0.39 is 11.6 Å². The molecule has 2 unspecified atom stereocenters. The summed E-state index contributed by atoms with van der Waals surface area (Å²) in [6.45, 7) is 4.05. The summed E-state index contributed by atoms with van der Waals surface area (Å²) in [5.41, 5.74) is 0.00448. The molecule has 1 saturated heterocycles. The minimum atomic E-state index is -0.959. The van der Waals surface area contributed by atoms with Crippen LogP contribution in [0.3, 0.4) is 0 Å². The molecule has 1 aromatic carbocycles. The van der Waals surface area contributed by atoms with Crippen LogP contribution in [0.4, 0.5) is 8.78 Å². The minimum Gasteiger partial charge on any atom is -0.312 e. The van der Waals surface area contributed by atoms with Gasteiger partial charge in [-0.25, -0.2) is 13.6 Å². The SMILES string of the molecule is CC1CC(n2c(=O)[nH]c3ccc(F)c(F)c32)CC(C)N1.Cl. The molecular weight excluding hydrogens is 300 g/mol. The molecule has 0 amide bonds. The molecule has 1 aliphatic rings. The highest BCUT2D eigenvalue weighted by Gasteiger charge is 2.28. The Balaban J connectivity index is 0.00000161. The highest BCUT2D eigenvalue weighted by atomic mass is 35.5. The number of benzene rings is 1. The topological polar surface area (TPSA) is 49.8 Å². The number of rotatable bonds is 1. The summed E-state index contributed by atoms with van der Waals surface area (Å²) >= 11 is 0. The fraction of sp³-hybridized carbons (Fsp3) is 0.500. The second kappa shape index (κ2) is 5.77. The van der Waals surface area contributed by atoms with Crippen LogP contribution in [0.1, 0.15) is 32.7 Å². The van der Waals surface area contributed by atoms with Gasteiger partial charge in [0.05, 0.1) is 5.52 Å². The number of fused-ring (bicyclic) bond motifs is 1. The zero-order valence-corrected chi connectivity index (χ0v) is 12.6. The molecule has 0 spiro atoms. The van der Waals surface area contributed by atoms with Crippen LogP contribution in [0.2, 0.25) is 0 Å². The lowest BCUT2D eigenvalue weighted by atomic mass is 9.95. The molecule has 1 fully saturated rings. The first-order valence-electron chi connectivity index (χ1n) is 6.81. The Hall–Kier alpha value is -1.40. The Morgan fingerprint density at radius 3 is 2.43 bits per heavy atom. The second-order valence-electron chi connectivity index (χ2n) is 5.65. The predicted octanol–water partition coefficient (Wildman–Crippen LogP) is 2.73. The molecule has 0 radical (unpaired) electrons. The minimum absolute atomic E-state index is 0. The van der Waals surface area contributed by atoms with Gasteiger partial charge in [0.2, 0.25) is 0 Å². The van der Waals surface area contributed by atoms with E-state index in [4.69, 9.17) is 0 Å². The summed E-state index contributed by atoms with van der Waals surface area (Å²) in [4.78, 5) is 14.7. The van der Waals surface area contributed by atoms with Gasteiger partial charge in [-0.15, -0.1) is 12.4 Å². The first-order chi connectivity index (χ1) is 9.47. The molecule has 2 heterocycles. The number of hydrogen-bond acceptors (Lipinski definition) is 2. The summed E-state index contributed by atoms with van der Waals surface area (Å²) in [5.74, 6) is -1.89. The summed E-state index contributed by atoms with van der Waals surface area (Å²) in [6, 6.07) is 2.78. The molecule has 2 atom stereocenters. The maximum atomic E-state index is 14.1. The van der Waals surface area contributed by atoms with Crippen LogP contribution in [0.25, 0.3) is 11.0 Å². The average molecular weight is 318 g/mol. The largest absolute Gasteiger partial charge is 0.326 e. The smallest absolute Gasteiger partial charge is 0.312 e. The van der Waals surface area contributed by atoms with Crippen molar-refractivity contribution in [1.29, 1.82) is 0 Å². The number of aromatic amines is 1. The number of H-pyrrole nitrogens is 1. The maximum Gasteiger partial charge on any atom is 0.326 e. The third kappa shape index (κ3) is 2.70. The van der Waals surface area contributed by atoms with E-state index in [1.54, 1.807) is 0 Å². The van der Waals surface area contributed by atoms with Crippen LogP contribution < -0.4 is 11.0 Å². The highest BCUT2D eigenvalue weighted by molar-refractivity contribution is 5.85. The molecule has 4 nitrogen and oxygen atoms in total. The van der Waals surface area contributed by atoms with Crippen molar-refractivity contribution in [3.05, 3.63) is 34.3 Å². The lowest BCUT2D eigenvalue weighted by Gasteiger charge is -2.33. The molecule has 3 rings (SSSR count). The number of hydrogen-bond donors (Lipinski definition) is 2. The number of piperidine rings is 1. The first kappa shape index (κ1) is 16.0. The number of nitrogens with zero attached hydrogens (tertiary/aromatic N) is 1. The van der Waals surface area contributed by atoms with Gasteiger partial charge in [0.15, 0.2) is 11.6 Å². The van der Waals surface area contributed by atoms with Crippen LogP contribution >= 0.6 is 12.4 Å². The van der Waals surface area contributed by atoms with Crippen molar-refractivity contribution in [2.45, 2.75) is 44.8 Å². The second-order valence-corrected chi connectivity index (χ2v) is 5.65. The molecule has 21 heavy (non-hydrogen) atoms. The van der Waals surface area contributed by atoms with Crippen LogP contribution in [-0.2, 0) is 0 Å². The zero-order valence-electron chi connectivity index (χ0n) is 11.8. The van der Waals surface area contributed by atoms with Gasteiger partial charge in [0, 0.05) is 18.1 Å². The van der Waals surface area contributed by atoms with Gasteiger partial charge in [-0.1, -0.05) is 0 Å². The van der Waals surface area contributed by atoms with Crippen molar-refractivity contribution >= 4 is 23.4 Å². The van der Waals surface area contributed by atoms with E-state index in [0.717, 1.165) is 6.07 Å². The predicted molar refractivity (Wildman–Crippen MR) is 80.1 cm³/mol. The van der Waals surface area contributed by atoms with Gasteiger partial charge >= 0.3 is 5.69 Å². The van der Waals surface area contributed by atoms with Crippen molar-refractivity contribution in [2.24, 2.45) is 0 Å². The average Bonchev–Trinajstić information content (AvgIpc) is 2.70. The van der Waals surface area contributed by atoms with Crippen molar-refractivity contribution < 1.29 is 8.78 Å². The fourth-order valence-corrected chi connectivity index (χ4v) is 3.25. The Bertz CT molecular complexity index is 702. The van der Waals surface area contributed by atoms with E-state index in [-0.39, 0.29) is 41.7 Å². The van der Waals surface area contributed by atoms with Gasteiger partial charge in [0.25, 0.3) is 0 Å². The number of aromatic nitrogens is 2. The van der Waals surface area contributed by atoms with Crippen molar-refractivity contribution in [1.82, 2.24) is 14.9 Å². The van der Waals surface area contributed by atoms with Crippen LogP contribution in [0.5, 0.6) is 0 Å². The standard InChI is InChI=1S/C14H17F2N3O.ClH/c1-7-5-9(6-8(2)17-7)19-13-11(18-14(19)20)4-3-10(15)12(13)16;/h3-4,7-9,17H,5-6H2,1-2H3,(H,18,20);1H. The van der Waals surface area contributed by atoms with Gasteiger partial charge in [-0.2, -0.15) is 0 Å². The van der Waals surface area contributed by atoms with E-state index in [1.807, 2.05) is 13.8 Å². The molecule has 1 aliphatic heterocycles. The molecule has 0 aliphatic carbocycles. The van der Waals surface area contributed by atoms with Crippen LogP contribution in [-0.4, -0.2) is 21.6 Å². The summed E-state index contributed by atoms with van der Waals surface area (Å²) < 4.78 is 28.9. The van der Waals surface area contributed by atoms with Gasteiger partial charge in [0.1, 0.15) is 5.52 Å². The van der Waals surface area contributed by atoms with E-state index >= 15 is 0 Å². The molecular formula is C14H18ClF2N3O. The number of halogens is 3. The number of nitrogens with one attached hydrogen (secondary N) is 2. The first-order valence-corrected chi connectivity index (χ1v) is 6.81. The highest BCUT2D eigenvalue weighted by Crippen LogP contribution is 2.28. The zero-order chi connectivity index (χ0) is 14.4. The third-order valence-electron chi connectivity index (χ3n) is 3.96. The van der Waals surface area contributed by atoms with E-state index in [0.29, 0.717) is 18.4 Å². The molecule has 0 bridgehead atoms. The normalized spacial score (nSPS) is 25.8. The van der Waals surface area contributed by atoms with Gasteiger partial charge in [-0.05, 0) is 38.8 Å². The Morgan fingerprint density at radius 2 is 1.81 bits per heavy atom. The summed E-state index contributed by atoms with van der Waals surface area (Å²) in [7, 11) is 0. The monoisotopic (exact) mass is 317 g/mol. The van der Waals surface area contributed by atoms with Crippen molar-refractivity contribution in [3.8, 4) is 0 Å². The Kier molecular flexibility index (Phi) is 4.39. The maximum absolute atomic E-state index is 14.1. The van der Waals surface area contributed by atoms with Crippen molar-refractivity contribution in [3.63, 3.8) is 0 Å². The molecule has 2 N–H and O–H groups in total. The molecule has 116 valence electrons. The summed E-state index contributed by atoms with van der Waals surface area (Å²) in [6.07, 6.45) is 1.43. The van der Waals surface area contributed by atoms with E-state index in [1.165, 1.54) is 10.6 Å². The molecule has 1 aromatic heterocycles. The molecule has 0 saturated carbocycles. The Morgan fingerprint density at radius 1 is 1.19 bits per heavy atom. The summed E-state index contributed by atoms with van der Waals surface area (Å²) in [5, 5.41) is 3.37. The molecule has 7 heteroatoms. The third-order valence-corrected chi connectivity index (χ3v) is 3.96. The van der Waals surface area contributed by atoms with E-state index in [9.17, 15) is 13.6 Å². The molecule has 2 aromatic rings. The van der Waals surface area contributed by atoms with E-state index in [2.05, 4.69) is 10.3 Å².